The summed E-state index contributed by atoms with van der Waals surface area (Å²) in [6.45, 7) is 4.36. The maximum Gasteiger partial charge on any atom is 0.324 e. The zero-order chi connectivity index (χ0) is 17.1. The van der Waals surface area contributed by atoms with Gasteiger partial charge >= 0.3 is 5.97 Å². The molecule has 0 bridgehead atoms. The van der Waals surface area contributed by atoms with Gasteiger partial charge in [-0.05, 0) is 13.1 Å². The molecule has 0 saturated carbocycles. The fourth-order valence-corrected chi connectivity index (χ4v) is 3.26. The van der Waals surface area contributed by atoms with Crippen LogP contribution in [0.25, 0.3) is 0 Å². The van der Waals surface area contributed by atoms with Crippen molar-refractivity contribution >= 4 is 11.9 Å². The Labute approximate surface area is 141 Å². The number of hydrogen-bond acceptors (Lipinski definition) is 6. The van der Waals surface area contributed by atoms with Crippen molar-refractivity contribution in [1.82, 2.24) is 24.9 Å². The topological polar surface area (TPSA) is 79.7 Å². The highest BCUT2D eigenvalue weighted by molar-refractivity contribution is 5.80. The quantitative estimate of drug-likeness (QED) is 0.728. The number of nitrogens with zero attached hydrogens (tertiary/aromatic N) is 4. The summed E-state index contributed by atoms with van der Waals surface area (Å²) in [7, 11) is 3.26. The maximum atomic E-state index is 12.5. The smallest absolute Gasteiger partial charge is 0.324 e. The SMILES string of the molecule is COC(=O)[C@H]1CN(C(=O)CCc2cc3n(n2)CCNC3)CCN1C. The van der Waals surface area contributed by atoms with Crippen molar-refractivity contribution in [3.05, 3.63) is 17.5 Å². The molecule has 2 aliphatic heterocycles. The third kappa shape index (κ3) is 3.59. The van der Waals surface area contributed by atoms with Crippen LogP contribution in [0.2, 0.25) is 0 Å². The van der Waals surface area contributed by atoms with Crippen molar-refractivity contribution in [2.75, 3.05) is 40.3 Å². The van der Waals surface area contributed by atoms with Crippen LogP contribution < -0.4 is 5.32 Å². The van der Waals surface area contributed by atoms with E-state index in [-0.39, 0.29) is 17.9 Å². The first kappa shape index (κ1) is 16.9. The molecule has 0 unspecified atom stereocenters. The number of carbonyl (C=O) groups excluding carboxylic acids is 2. The van der Waals surface area contributed by atoms with E-state index in [1.54, 1.807) is 4.90 Å². The number of likely N-dealkylation sites (N-methyl/N-ethyl adjacent to an activating group) is 1. The van der Waals surface area contributed by atoms with E-state index in [1.807, 2.05) is 16.6 Å². The monoisotopic (exact) mass is 335 g/mol. The minimum atomic E-state index is -0.376. The summed E-state index contributed by atoms with van der Waals surface area (Å²) in [6.07, 6.45) is 1.05. The molecule has 1 amide bonds. The molecule has 1 fully saturated rings. The van der Waals surface area contributed by atoms with Gasteiger partial charge in [-0.2, -0.15) is 5.10 Å². The Hall–Kier alpha value is -1.93. The van der Waals surface area contributed by atoms with Crippen molar-refractivity contribution in [1.29, 1.82) is 0 Å². The van der Waals surface area contributed by atoms with Gasteiger partial charge < -0.3 is 15.0 Å². The van der Waals surface area contributed by atoms with Gasteiger partial charge in [-0.1, -0.05) is 0 Å². The normalized spacial score (nSPS) is 21.4. The Morgan fingerprint density at radius 3 is 2.96 bits per heavy atom. The van der Waals surface area contributed by atoms with Crippen molar-refractivity contribution in [3.8, 4) is 0 Å². The summed E-state index contributed by atoms with van der Waals surface area (Å²) in [5, 5.41) is 7.87. The average molecular weight is 335 g/mol. The standard InChI is InChI=1S/C16H25N5O3/c1-19-7-8-20(11-14(19)16(23)24-2)15(22)4-3-12-9-13-10-17-5-6-21(13)18-12/h9,14,17H,3-8,10-11H2,1-2H3/t14-/m1/s1. The molecular formula is C16H25N5O3. The Morgan fingerprint density at radius 1 is 1.38 bits per heavy atom. The summed E-state index contributed by atoms with van der Waals surface area (Å²) in [4.78, 5) is 28.0. The van der Waals surface area contributed by atoms with Crippen LogP contribution in [0.5, 0.6) is 0 Å². The molecule has 1 saturated heterocycles. The van der Waals surface area contributed by atoms with E-state index in [0.717, 1.165) is 25.3 Å². The van der Waals surface area contributed by atoms with Crippen LogP contribution in [-0.2, 0) is 33.8 Å². The number of aromatic nitrogens is 2. The second-order valence-corrected chi connectivity index (χ2v) is 6.39. The van der Waals surface area contributed by atoms with Crippen LogP contribution in [0.1, 0.15) is 17.8 Å². The lowest BCUT2D eigenvalue weighted by atomic mass is 10.1. The number of fused-ring (bicyclic) bond motifs is 1. The molecule has 24 heavy (non-hydrogen) atoms. The molecule has 1 atom stereocenters. The Morgan fingerprint density at radius 2 is 2.21 bits per heavy atom. The lowest BCUT2D eigenvalue weighted by Gasteiger charge is -2.37. The minimum Gasteiger partial charge on any atom is -0.468 e. The number of esters is 1. The molecule has 2 aliphatic rings. The number of hydrogen-bond donors (Lipinski definition) is 1. The van der Waals surface area contributed by atoms with Gasteiger partial charge in [0.25, 0.3) is 0 Å². The van der Waals surface area contributed by atoms with Gasteiger partial charge in [-0.15, -0.1) is 0 Å². The third-order valence-electron chi connectivity index (χ3n) is 4.79. The van der Waals surface area contributed by atoms with Gasteiger partial charge in [0.05, 0.1) is 25.0 Å². The van der Waals surface area contributed by atoms with Crippen LogP contribution in [0.3, 0.4) is 0 Å². The molecule has 3 rings (SSSR count). The van der Waals surface area contributed by atoms with E-state index in [9.17, 15) is 9.59 Å². The summed E-state index contributed by atoms with van der Waals surface area (Å²) >= 11 is 0. The molecule has 0 aromatic carbocycles. The molecule has 1 aromatic heterocycles. The minimum absolute atomic E-state index is 0.0705. The third-order valence-corrected chi connectivity index (χ3v) is 4.79. The van der Waals surface area contributed by atoms with Gasteiger partial charge in [-0.3, -0.25) is 19.2 Å². The first-order valence-electron chi connectivity index (χ1n) is 8.40. The highest BCUT2D eigenvalue weighted by Gasteiger charge is 2.32. The second-order valence-electron chi connectivity index (χ2n) is 6.39. The molecule has 0 radical (unpaired) electrons. The highest BCUT2D eigenvalue weighted by Crippen LogP contribution is 2.13. The number of rotatable bonds is 4. The Bertz CT molecular complexity index is 591. The van der Waals surface area contributed by atoms with E-state index >= 15 is 0 Å². The Kier molecular flexibility index (Phi) is 5.15. The van der Waals surface area contributed by atoms with E-state index in [4.69, 9.17) is 4.74 Å². The van der Waals surface area contributed by atoms with Gasteiger partial charge in [0.2, 0.25) is 5.91 Å². The summed E-state index contributed by atoms with van der Waals surface area (Å²) in [6, 6.07) is 1.69. The first-order valence-corrected chi connectivity index (χ1v) is 8.40. The zero-order valence-electron chi connectivity index (χ0n) is 14.3. The number of amides is 1. The number of piperazine rings is 1. The van der Waals surface area contributed by atoms with Gasteiger partial charge in [0.1, 0.15) is 6.04 Å². The van der Waals surface area contributed by atoms with Crippen molar-refractivity contribution in [3.63, 3.8) is 0 Å². The average Bonchev–Trinajstić information content (AvgIpc) is 3.02. The van der Waals surface area contributed by atoms with Crippen molar-refractivity contribution in [2.24, 2.45) is 0 Å². The van der Waals surface area contributed by atoms with E-state index in [1.165, 1.54) is 12.8 Å². The highest BCUT2D eigenvalue weighted by atomic mass is 16.5. The van der Waals surface area contributed by atoms with Crippen LogP contribution in [0.4, 0.5) is 0 Å². The fourth-order valence-electron chi connectivity index (χ4n) is 3.26. The summed E-state index contributed by atoms with van der Waals surface area (Å²) in [5.41, 5.74) is 2.13. The predicted octanol–water partition coefficient (Wildman–Crippen LogP) is -0.765. The predicted molar refractivity (Wildman–Crippen MR) is 87.3 cm³/mol. The molecule has 1 N–H and O–H groups in total. The zero-order valence-corrected chi connectivity index (χ0v) is 14.3. The number of ether oxygens (including phenoxy) is 1. The molecule has 0 aliphatic carbocycles. The first-order chi connectivity index (χ1) is 11.6. The van der Waals surface area contributed by atoms with Crippen LogP contribution in [0.15, 0.2) is 6.07 Å². The van der Waals surface area contributed by atoms with E-state index < -0.39 is 0 Å². The molecule has 132 valence electrons. The summed E-state index contributed by atoms with van der Waals surface area (Å²) in [5.74, 6) is -0.217. The molecule has 0 spiro atoms. The molecule has 8 heteroatoms. The van der Waals surface area contributed by atoms with Crippen LogP contribution in [-0.4, -0.2) is 77.8 Å². The number of carbonyl (C=O) groups is 2. The fraction of sp³-hybridized carbons (Fsp3) is 0.688. The van der Waals surface area contributed by atoms with Crippen LogP contribution >= 0.6 is 0 Å². The number of aryl methyl sites for hydroxylation is 1. The number of nitrogens with one attached hydrogen (secondary N) is 1. The maximum absolute atomic E-state index is 12.5. The Balaban J connectivity index is 1.55. The largest absolute Gasteiger partial charge is 0.468 e. The van der Waals surface area contributed by atoms with Gasteiger partial charge in [0.15, 0.2) is 0 Å². The van der Waals surface area contributed by atoms with Crippen molar-refractivity contribution in [2.45, 2.75) is 32.0 Å². The lowest BCUT2D eigenvalue weighted by molar-refractivity contribution is -0.150. The molecular weight excluding hydrogens is 310 g/mol. The molecule has 8 nitrogen and oxygen atoms in total. The lowest BCUT2D eigenvalue weighted by Crippen LogP contribution is -2.56. The second kappa shape index (κ2) is 7.31. The van der Waals surface area contributed by atoms with Crippen molar-refractivity contribution < 1.29 is 14.3 Å². The summed E-state index contributed by atoms with van der Waals surface area (Å²) < 4.78 is 6.84. The molecule has 3 heterocycles. The van der Waals surface area contributed by atoms with E-state index in [0.29, 0.717) is 32.5 Å². The van der Waals surface area contributed by atoms with Gasteiger partial charge in [-0.25, -0.2) is 0 Å². The van der Waals surface area contributed by atoms with Crippen LogP contribution in [0, 0.1) is 0 Å². The van der Waals surface area contributed by atoms with E-state index in [2.05, 4.69) is 16.5 Å². The number of methoxy groups -OCH3 is 1. The molecule has 1 aromatic rings. The van der Waals surface area contributed by atoms with Gasteiger partial charge in [0, 0.05) is 45.6 Å².